The second-order valence-corrected chi connectivity index (χ2v) is 11.0. The lowest BCUT2D eigenvalue weighted by Crippen LogP contribution is -2.45. The van der Waals surface area contributed by atoms with Gasteiger partial charge in [0.1, 0.15) is 11.6 Å². The molecule has 3 aromatic carbocycles. The van der Waals surface area contributed by atoms with Gasteiger partial charge in [0, 0.05) is 37.1 Å². The van der Waals surface area contributed by atoms with Gasteiger partial charge in [-0.3, -0.25) is 14.5 Å². The molecule has 1 aliphatic carbocycles. The van der Waals surface area contributed by atoms with Crippen LogP contribution in [0.1, 0.15) is 36.0 Å². The highest BCUT2D eigenvalue weighted by atomic mass is 19.1. The number of hydrogen-bond acceptors (Lipinski definition) is 6. The van der Waals surface area contributed by atoms with E-state index in [0.717, 1.165) is 58.2 Å². The number of aliphatic hydroxyl groups is 1. The van der Waals surface area contributed by atoms with Crippen LogP contribution in [0.15, 0.2) is 53.5 Å². The minimum absolute atomic E-state index is 0.0617. The molecule has 9 nitrogen and oxygen atoms in total. The molecule has 1 saturated carbocycles. The summed E-state index contributed by atoms with van der Waals surface area (Å²) in [6.45, 7) is 4.08. The Morgan fingerprint density at radius 1 is 1.07 bits per heavy atom. The van der Waals surface area contributed by atoms with Gasteiger partial charge in [-0.1, -0.05) is 30.3 Å². The van der Waals surface area contributed by atoms with Crippen molar-refractivity contribution < 1.29 is 28.6 Å². The molecule has 0 radical (unpaired) electrons. The van der Waals surface area contributed by atoms with Crippen LogP contribution in [0.25, 0.3) is 22.3 Å². The van der Waals surface area contributed by atoms with Crippen LogP contribution < -0.4 is 15.4 Å². The van der Waals surface area contributed by atoms with E-state index < -0.39 is 35.7 Å². The third-order valence-electron chi connectivity index (χ3n) is 8.42. The Balaban J connectivity index is 1.43. The number of aliphatic imine (C=N–C) groups is 1. The highest BCUT2D eigenvalue weighted by Gasteiger charge is 2.34. The predicted molar refractivity (Wildman–Crippen MR) is 163 cm³/mol. The third-order valence-corrected chi connectivity index (χ3v) is 8.42. The van der Waals surface area contributed by atoms with Gasteiger partial charge in [-0.25, -0.2) is 14.2 Å². The summed E-state index contributed by atoms with van der Waals surface area (Å²) in [5.41, 5.74) is 5.86. The zero-order valence-electron chi connectivity index (χ0n) is 24.6. The lowest BCUT2D eigenvalue weighted by atomic mass is 9.90. The summed E-state index contributed by atoms with van der Waals surface area (Å²) in [5, 5.41) is 16.2. The third kappa shape index (κ3) is 5.93. The number of urea groups is 1. The maximum atomic E-state index is 15.5. The van der Waals surface area contributed by atoms with E-state index in [1.807, 2.05) is 50.2 Å². The number of halogens is 1. The number of rotatable bonds is 8. The SMILES string of the molecule is COc1cc(-c2cccc(-c3cccc(NC(=O)C4C=NC(=O)N(C)C4=O)c3C)c2C)cc(F)c1CN[C@@H]1CCC[C@@H]1O. The Kier molecular flexibility index (Phi) is 8.70. The number of benzene rings is 3. The van der Waals surface area contributed by atoms with E-state index in [2.05, 4.69) is 15.6 Å². The number of nitrogens with zero attached hydrogens (tertiary/aromatic N) is 2. The average molecular weight is 587 g/mol. The van der Waals surface area contributed by atoms with E-state index in [-0.39, 0.29) is 12.6 Å². The second-order valence-electron chi connectivity index (χ2n) is 11.0. The molecule has 5 rings (SSSR count). The minimum Gasteiger partial charge on any atom is -0.496 e. The van der Waals surface area contributed by atoms with Crippen molar-refractivity contribution >= 4 is 29.7 Å². The number of nitrogens with one attached hydrogen (secondary N) is 2. The Labute approximate surface area is 249 Å². The quantitative estimate of drug-likeness (QED) is 0.320. The number of carbonyl (C=O) groups is 3. The summed E-state index contributed by atoms with van der Waals surface area (Å²) in [7, 11) is 2.80. The van der Waals surface area contributed by atoms with Crippen molar-refractivity contribution in [3.8, 4) is 28.0 Å². The highest BCUT2D eigenvalue weighted by Crippen LogP contribution is 2.38. The monoisotopic (exact) mass is 586 g/mol. The Bertz CT molecular complexity index is 1620. The van der Waals surface area contributed by atoms with Crippen molar-refractivity contribution in [1.29, 1.82) is 0 Å². The zero-order chi connectivity index (χ0) is 30.8. The first-order valence-corrected chi connectivity index (χ1v) is 14.2. The van der Waals surface area contributed by atoms with Gasteiger partial charge in [0.05, 0.1) is 13.2 Å². The van der Waals surface area contributed by atoms with E-state index in [9.17, 15) is 19.5 Å². The second kappa shape index (κ2) is 12.4. The first kappa shape index (κ1) is 30.1. The maximum absolute atomic E-state index is 15.5. The summed E-state index contributed by atoms with van der Waals surface area (Å²) in [5.74, 6) is -2.40. The molecule has 3 aromatic rings. The molecule has 224 valence electrons. The van der Waals surface area contributed by atoms with E-state index in [1.165, 1.54) is 20.2 Å². The smallest absolute Gasteiger partial charge is 0.349 e. The van der Waals surface area contributed by atoms with Gasteiger partial charge < -0.3 is 20.5 Å². The zero-order valence-corrected chi connectivity index (χ0v) is 24.6. The van der Waals surface area contributed by atoms with Crippen LogP contribution in [0.4, 0.5) is 14.9 Å². The van der Waals surface area contributed by atoms with Gasteiger partial charge in [0.2, 0.25) is 11.8 Å². The lowest BCUT2D eigenvalue weighted by molar-refractivity contribution is -0.134. The van der Waals surface area contributed by atoms with Gasteiger partial charge >= 0.3 is 6.03 Å². The summed E-state index contributed by atoms with van der Waals surface area (Å²) in [6.07, 6.45) is 3.18. The van der Waals surface area contributed by atoms with E-state index in [1.54, 1.807) is 6.07 Å². The van der Waals surface area contributed by atoms with Crippen molar-refractivity contribution in [3.05, 3.63) is 71.0 Å². The number of ether oxygens (including phenoxy) is 1. The molecule has 0 saturated heterocycles. The molecular formula is C33H35FN4O5. The van der Waals surface area contributed by atoms with Gasteiger partial charge in [-0.05, 0) is 84.7 Å². The fourth-order valence-electron chi connectivity index (χ4n) is 5.82. The first-order chi connectivity index (χ1) is 20.6. The Morgan fingerprint density at radius 3 is 2.47 bits per heavy atom. The van der Waals surface area contributed by atoms with E-state index >= 15 is 4.39 Å². The Morgan fingerprint density at radius 2 is 1.77 bits per heavy atom. The summed E-state index contributed by atoms with van der Waals surface area (Å²) < 4.78 is 21.1. The van der Waals surface area contributed by atoms with Crippen LogP contribution in [0.3, 0.4) is 0 Å². The first-order valence-electron chi connectivity index (χ1n) is 14.2. The summed E-state index contributed by atoms with van der Waals surface area (Å²) >= 11 is 0. The van der Waals surface area contributed by atoms with Gasteiger partial charge in [-0.2, -0.15) is 0 Å². The van der Waals surface area contributed by atoms with Crippen LogP contribution in [0, 0.1) is 25.6 Å². The Hall–Kier alpha value is -4.41. The van der Waals surface area contributed by atoms with E-state index in [0.29, 0.717) is 22.6 Å². The molecular weight excluding hydrogens is 551 g/mol. The lowest BCUT2D eigenvalue weighted by Gasteiger charge is -2.22. The van der Waals surface area contributed by atoms with Crippen LogP contribution in [-0.4, -0.2) is 60.4 Å². The number of aliphatic hydroxyl groups excluding tert-OH is 1. The fourth-order valence-corrected chi connectivity index (χ4v) is 5.82. The normalized spacial score (nSPS) is 20.0. The standard InChI is InChI=1S/C33H35FN4O5/c1-18-21(20-14-26(34)24(30(15-20)43-4)16-35-28-12-7-13-29(28)39)8-5-9-22(18)23-10-6-11-27(19(23)2)37-31(40)25-17-36-33(42)38(3)32(25)41/h5-6,8-11,14-15,17,25,28-29,35,39H,7,12-13,16H2,1-4H3,(H,37,40)/t25?,28-,29+/m1/s1. The highest BCUT2D eigenvalue weighted by molar-refractivity contribution is 6.23. The maximum Gasteiger partial charge on any atom is 0.349 e. The molecule has 0 spiro atoms. The topological polar surface area (TPSA) is 120 Å². The number of anilines is 1. The molecule has 1 aliphatic heterocycles. The molecule has 1 fully saturated rings. The summed E-state index contributed by atoms with van der Waals surface area (Å²) in [4.78, 5) is 41.5. The molecule has 2 aliphatic rings. The molecule has 1 heterocycles. The predicted octanol–water partition coefficient (Wildman–Crippen LogP) is 5.01. The summed E-state index contributed by atoms with van der Waals surface area (Å²) in [6, 6.07) is 13.8. The fraction of sp³-hybridized carbons (Fsp3) is 0.333. The van der Waals surface area contributed by atoms with Crippen LogP contribution in [-0.2, 0) is 16.1 Å². The number of amides is 4. The molecule has 0 bridgehead atoms. The number of imide groups is 1. The molecule has 0 aromatic heterocycles. The van der Waals surface area contributed by atoms with Gasteiger partial charge in [0.15, 0.2) is 5.92 Å². The largest absolute Gasteiger partial charge is 0.496 e. The molecule has 3 N–H and O–H groups in total. The van der Waals surface area contributed by atoms with Crippen LogP contribution in [0.2, 0.25) is 0 Å². The van der Waals surface area contributed by atoms with Crippen LogP contribution in [0.5, 0.6) is 5.75 Å². The van der Waals surface area contributed by atoms with Gasteiger partial charge in [-0.15, -0.1) is 0 Å². The molecule has 1 unspecified atom stereocenters. The van der Waals surface area contributed by atoms with Crippen molar-refractivity contribution in [2.24, 2.45) is 10.9 Å². The van der Waals surface area contributed by atoms with Gasteiger partial charge in [0.25, 0.3) is 0 Å². The molecule has 4 amide bonds. The molecule has 3 atom stereocenters. The minimum atomic E-state index is -1.21. The molecule has 10 heteroatoms. The number of carbonyl (C=O) groups excluding carboxylic acids is 3. The van der Waals surface area contributed by atoms with Crippen molar-refractivity contribution in [1.82, 2.24) is 10.2 Å². The van der Waals surface area contributed by atoms with Crippen molar-refractivity contribution in [2.45, 2.75) is 51.8 Å². The van der Waals surface area contributed by atoms with Crippen LogP contribution >= 0.6 is 0 Å². The number of hydrogen-bond donors (Lipinski definition) is 3. The molecule has 43 heavy (non-hydrogen) atoms. The number of methoxy groups -OCH3 is 1. The average Bonchev–Trinajstić information content (AvgIpc) is 3.40. The van der Waals surface area contributed by atoms with Crippen molar-refractivity contribution in [2.75, 3.05) is 19.5 Å². The van der Waals surface area contributed by atoms with E-state index in [4.69, 9.17) is 4.74 Å². The van der Waals surface area contributed by atoms with Crippen molar-refractivity contribution in [3.63, 3.8) is 0 Å².